The lowest BCUT2D eigenvalue weighted by atomic mass is 9.86. The SMILES string of the molecule is O=S(=O)(c1ccc(-c2cncnc2)s1)N1CCC(O)(Cc2ccccc2)CC1. The molecule has 1 saturated heterocycles. The summed E-state index contributed by atoms with van der Waals surface area (Å²) in [5, 5.41) is 10.9. The van der Waals surface area contributed by atoms with Crippen molar-refractivity contribution in [2.75, 3.05) is 13.1 Å². The predicted octanol–water partition coefficient (Wildman–Crippen LogP) is 2.96. The van der Waals surface area contributed by atoms with Crippen molar-refractivity contribution in [1.29, 1.82) is 0 Å². The highest BCUT2D eigenvalue weighted by molar-refractivity contribution is 7.91. The van der Waals surface area contributed by atoms with Crippen LogP contribution in [0.25, 0.3) is 10.4 Å². The third kappa shape index (κ3) is 4.00. The minimum absolute atomic E-state index is 0.305. The molecule has 3 heterocycles. The first kappa shape index (κ1) is 19.2. The summed E-state index contributed by atoms with van der Waals surface area (Å²) in [7, 11) is -3.57. The Balaban J connectivity index is 1.46. The van der Waals surface area contributed by atoms with Gasteiger partial charge < -0.3 is 5.11 Å². The first-order valence-corrected chi connectivity index (χ1v) is 11.3. The maximum Gasteiger partial charge on any atom is 0.252 e. The fraction of sp³-hybridized carbons (Fsp3) is 0.300. The number of aromatic nitrogens is 2. The molecule has 6 nitrogen and oxygen atoms in total. The van der Waals surface area contributed by atoms with Crippen LogP contribution in [0.5, 0.6) is 0 Å². The average Bonchev–Trinajstić information content (AvgIpc) is 3.21. The van der Waals surface area contributed by atoms with Crippen LogP contribution in [0.3, 0.4) is 0 Å². The zero-order chi connectivity index (χ0) is 19.6. The van der Waals surface area contributed by atoms with E-state index in [1.807, 2.05) is 30.3 Å². The molecular weight excluding hydrogens is 394 g/mol. The molecule has 0 atom stereocenters. The van der Waals surface area contributed by atoms with Gasteiger partial charge in [0.05, 0.1) is 5.60 Å². The average molecular weight is 416 g/mol. The first-order chi connectivity index (χ1) is 13.5. The number of thiophene rings is 1. The van der Waals surface area contributed by atoms with Gasteiger partial charge in [-0.2, -0.15) is 4.31 Å². The number of nitrogens with zero attached hydrogens (tertiary/aromatic N) is 3. The van der Waals surface area contributed by atoms with Crippen LogP contribution in [0.2, 0.25) is 0 Å². The van der Waals surface area contributed by atoms with Gasteiger partial charge in [-0.3, -0.25) is 0 Å². The van der Waals surface area contributed by atoms with Crippen LogP contribution >= 0.6 is 11.3 Å². The Morgan fingerprint density at radius 3 is 2.39 bits per heavy atom. The van der Waals surface area contributed by atoms with E-state index in [9.17, 15) is 13.5 Å². The summed E-state index contributed by atoms with van der Waals surface area (Å²) in [5.41, 5.74) is 0.995. The summed E-state index contributed by atoms with van der Waals surface area (Å²) in [6.45, 7) is 0.626. The molecular formula is C20H21N3O3S2. The molecule has 0 unspecified atom stereocenters. The monoisotopic (exact) mass is 415 g/mol. The van der Waals surface area contributed by atoms with Crippen LogP contribution < -0.4 is 0 Å². The number of sulfonamides is 1. The zero-order valence-corrected chi connectivity index (χ0v) is 16.9. The van der Waals surface area contributed by atoms with Gasteiger partial charge in [0.15, 0.2) is 0 Å². The lowest BCUT2D eigenvalue weighted by Crippen LogP contribution is -2.47. The van der Waals surface area contributed by atoms with E-state index < -0.39 is 15.6 Å². The highest BCUT2D eigenvalue weighted by Crippen LogP contribution is 2.34. The maximum atomic E-state index is 13.0. The second-order valence-electron chi connectivity index (χ2n) is 7.04. The molecule has 1 fully saturated rings. The van der Waals surface area contributed by atoms with Crippen molar-refractivity contribution < 1.29 is 13.5 Å². The van der Waals surface area contributed by atoms with E-state index in [4.69, 9.17) is 0 Å². The van der Waals surface area contributed by atoms with E-state index >= 15 is 0 Å². The third-order valence-corrected chi connectivity index (χ3v) is 8.55. The first-order valence-electron chi connectivity index (χ1n) is 9.08. The Morgan fingerprint density at radius 2 is 1.71 bits per heavy atom. The van der Waals surface area contributed by atoms with Crippen molar-refractivity contribution in [1.82, 2.24) is 14.3 Å². The molecule has 1 aromatic carbocycles. The summed E-state index contributed by atoms with van der Waals surface area (Å²) in [6, 6.07) is 13.2. The van der Waals surface area contributed by atoms with Crippen molar-refractivity contribution in [3.63, 3.8) is 0 Å². The molecule has 1 N–H and O–H groups in total. The molecule has 0 aliphatic carbocycles. The molecule has 0 spiro atoms. The topological polar surface area (TPSA) is 83.4 Å². The van der Waals surface area contributed by atoms with Crippen LogP contribution in [0, 0.1) is 0 Å². The lowest BCUT2D eigenvalue weighted by molar-refractivity contribution is -0.00438. The van der Waals surface area contributed by atoms with Gasteiger partial charge in [0.25, 0.3) is 10.0 Å². The molecule has 8 heteroatoms. The van der Waals surface area contributed by atoms with Crippen LogP contribution in [0.15, 0.2) is 65.4 Å². The minimum atomic E-state index is -3.57. The molecule has 146 valence electrons. The van der Waals surface area contributed by atoms with Gasteiger partial charge in [-0.1, -0.05) is 30.3 Å². The molecule has 4 rings (SSSR count). The molecule has 0 amide bonds. The van der Waals surface area contributed by atoms with Gasteiger partial charge in [-0.05, 0) is 30.5 Å². The largest absolute Gasteiger partial charge is 0.389 e. The van der Waals surface area contributed by atoms with Gasteiger partial charge in [0.1, 0.15) is 10.5 Å². The van der Waals surface area contributed by atoms with Crippen molar-refractivity contribution >= 4 is 21.4 Å². The number of hydrogen-bond donors (Lipinski definition) is 1. The standard InChI is InChI=1S/C20H21N3O3S2/c24-20(12-16-4-2-1-3-5-16)8-10-23(11-9-20)28(25,26)19-7-6-18(27-19)17-13-21-15-22-14-17/h1-7,13-15,24H,8-12H2. The minimum Gasteiger partial charge on any atom is -0.389 e. The molecule has 1 aliphatic rings. The Bertz CT molecular complexity index is 1030. The summed E-state index contributed by atoms with van der Waals surface area (Å²) < 4.78 is 27.8. The van der Waals surface area contributed by atoms with Crippen LogP contribution in [0.4, 0.5) is 0 Å². The quantitative estimate of drug-likeness (QED) is 0.693. The van der Waals surface area contributed by atoms with Gasteiger partial charge in [-0.15, -0.1) is 11.3 Å². The number of aliphatic hydroxyl groups is 1. The lowest BCUT2D eigenvalue weighted by Gasteiger charge is -2.37. The molecule has 28 heavy (non-hydrogen) atoms. The van der Waals surface area contributed by atoms with Gasteiger partial charge >= 0.3 is 0 Å². The Kier molecular flexibility index (Phi) is 5.29. The smallest absolute Gasteiger partial charge is 0.252 e. The number of piperidine rings is 1. The number of hydrogen-bond acceptors (Lipinski definition) is 6. The summed E-state index contributed by atoms with van der Waals surface area (Å²) in [6.07, 6.45) is 6.16. The highest BCUT2D eigenvalue weighted by Gasteiger charge is 2.37. The van der Waals surface area contributed by atoms with E-state index in [0.717, 1.165) is 16.0 Å². The van der Waals surface area contributed by atoms with Gasteiger partial charge in [-0.25, -0.2) is 18.4 Å². The van der Waals surface area contributed by atoms with E-state index in [2.05, 4.69) is 9.97 Å². The van der Waals surface area contributed by atoms with Crippen molar-refractivity contribution in [2.45, 2.75) is 29.1 Å². The molecule has 0 radical (unpaired) electrons. The normalized spacial score (nSPS) is 17.5. The molecule has 0 bridgehead atoms. The Labute approximate surface area is 168 Å². The summed E-state index contributed by atoms with van der Waals surface area (Å²) in [5.74, 6) is 0. The fourth-order valence-electron chi connectivity index (χ4n) is 3.46. The number of rotatable bonds is 5. The predicted molar refractivity (Wildman–Crippen MR) is 108 cm³/mol. The zero-order valence-electron chi connectivity index (χ0n) is 15.2. The maximum absolute atomic E-state index is 13.0. The molecule has 1 aliphatic heterocycles. The Morgan fingerprint density at radius 1 is 1.04 bits per heavy atom. The third-order valence-electron chi connectivity index (χ3n) is 5.05. The van der Waals surface area contributed by atoms with Crippen molar-refractivity contribution in [2.24, 2.45) is 0 Å². The van der Waals surface area contributed by atoms with Crippen LogP contribution in [-0.2, 0) is 16.4 Å². The molecule has 0 saturated carbocycles. The van der Waals surface area contributed by atoms with Gasteiger partial charge in [0, 0.05) is 42.3 Å². The molecule has 2 aromatic heterocycles. The van der Waals surface area contributed by atoms with Crippen molar-refractivity contribution in [3.8, 4) is 10.4 Å². The van der Waals surface area contributed by atoms with Crippen molar-refractivity contribution in [3.05, 3.63) is 66.7 Å². The van der Waals surface area contributed by atoms with E-state index in [1.54, 1.807) is 24.5 Å². The van der Waals surface area contributed by atoms with E-state index in [1.165, 1.54) is 22.0 Å². The van der Waals surface area contributed by atoms with E-state index in [-0.39, 0.29) is 0 Å². The van der Waals surface area contributed by atoms with Crippen LogP contribution in [-0.4, -0.2) is 46.5 Å². The summed E-state index contributed by atoms with van der Waals surface area (Å²) in [4.78, 5) is 8.78. The fourth-order valence-corrected chi connectivity index (χ4v) is 6.34. The highest BCUT2D eigenvalue weighted by atomic mass is 32.2. The van der Waals surface area contributed by atoms with Gasteiger partial charge in [0.2, 0.25) is 0 Å². The molecule has 3 aromatic rings. The Hall–Kier alpha value is -2.13. The van der Waals surface area contributed by atoms with E-state index in [0.29, 0.717) is 36.6 Å². The summed E-state index contributed by atoms with van der Waals surface area (Å²) >= 11 is 1.22. The van der Waals surface area contributed by atoms with Crippen LogP contribution in [0.1, 0.15) is 18.4 Å². The number of benzene rings is 1. The second kappa shape index (κ2) is 7.71. The second-order valence-corrected chi connectivity index (χ2v) is 10.3.